The lowest BCUT2D eigenvalue weighted by atomic mass is 10.0. The molecule has 1 aromatic carbocycles. The molecule has 2 aromatic rings. The van der Waals surface area contributed by atoms with Crippen molar-refractivity contribution in [3.63, 3.8) is 0 Å². The number of sulfonamides is 1. The van der Waals surface area contributed by atoms with E-state index in [1.165, 1.54) is 17.8 Å². The van der Waals surface area contributed by atoms with E-state index in [-0.39, 0.29) is 5.82 Å². The predicted octanol–water partition coefficient (Wildman–Crippen LogP) is 3.85. The maximum absolute atomic E-state index is 13.7. The van der Waals surface area contributed by atoms with E-state index in [9.17, 15) is 12.8 Å². The Morgan fingerprint density at radius 2 is 1.89 bits per heavy atom. The van der Waals surface area contributed by atoms with Crippen LogP contribution in [0.15, 0.2) is 34.1 Å². The minimum Gasteiger partial charge on any atom is -0.267 e. The topological polar surface area (TPSA) is 55.2 Å². The largest absolute Gasteiger partial charge is 0.267 e. The first-order valence-electron chi connectivity index (χ1n) is 9.22. The number of hydrogen-bond acceptors (Lipinski definition) is 4. The van der Waals surface area contributed by atoms with E-state index >= 15 is 0 Å². The molecular formula is C19H26FN3O2S2. The van der Waals surface area contributed by atoms with Crippen LogP contribution in [0.1, 0.15) is 31.2 Å². The van der Waals surface area contributed by atoms with Gasteiger partial charge in [-0.05, 0) is 44.7 Å². The van der Waals surface area contributed by atoms with Gasteiger partial charge in [0.25, 0.3) is 0 Å². The van der Waals surface area contributed by atoms with Crippen molar-refractivity contribution in [3.05, 3.63) is 41.5 Å². The summed E-state index contributed by atoms with van der Waals surface area (Å²) in [7, 11) is -3.53. The van der Waals surface area contributed by atoms with Gasteiger partial charge in [-0.2, -0.15) is 9.40 Å². The number of aromatic nitrogens is 2. The van der Waals surface area contributed by atoms with Gasteiger partial charge < -0.3 is 0 Å². The number of benzene rings is 1. The molecule has 1 aromatic heterocycles. The first kappa shape index (κ1) is 20.4. The highest BCUT2D eigenvalue weighted by molar-refractivity contribution is 7.99. The highest BCUT2D eigenvalue weighted by atomic mass is 32.2. The number of thioether (sulfide) groups is 1. The van der Waals surface area contributed by atoms with Gasteiger partial charge in [-0.25, -0.2) is 12.8 Å². The van der Waals surface area contributed by atoms with E-state index in [1.807, 2.05) is 0 Å². The predicted molar refractivity (Wildman–Crippen MR) is 106 cm³/mol. The van der Waals surface area contributed by atoms with Crippen LogP contribution in [0, 0.1) is 25.6 Å². The summed E-state index contributed by atoms with van der Waals surface area (Å²) < 4.78 is 43.2. The van der Waals surface area contributed by atoms with E-state index in [0.29, 0.717) is 52.5 Å². The molecule has 5 nitrogen and oxygen atoms in total. The van der Waals surface area contributed by atoms with E-state index in [2.05, 4.69) is 12.0 Å². The maximum Gasteiger partial charge on any atom is 0.246 e. The van der Waals surface area contributed by atoms with E-state index in [0.717, 1.165) is 12.8 Å². The molecule has 0 radical (unpaired) electrons. The standard InChI is InChI=1S/C19H26FN3O2S2/c1-14-8-10-22(11-9-14)27(24,25)19-15(2)21-23(16(19)3)12-13-26-18-7-5-4-6-17(18)20/h4-7,14H,8-13H2,1-3H3. The Morgan fingerprint density at radius 1 is 1.22 bits per heavy atom. The van der Waals surface area contributed by atoms with Crippen molar-refractivity contribution in [1.82, 2.24) is 14.1 Å². The number of rotatable bonds is 6. The number of piperidine rings is 1. The summed E-state index contributed by atoms with van der Waals surface area (Å²) in [6.45, 7) is 7.36. The third-order valence-electron chi connectivity index (χ3n) is 5.05. The number of aryl methyl sites for hydroxylation is 2. The van der Waals surface area contributed by atoms with Crippen LogP contribution in [0.5, 0.6) is 0 Å². The van der Waals surface area contributed by atoms with E-state index in [4.69, 9.17) is 0 Å². The maximum atomic E-state index is 13.7. The summed E-state index contributed by atoms with van der Waals surface area (Å²) in [5.74, 6) is 0.944. The first-order valence-corrected chi connectivity index (χ1v) is 11.6. The van der Waals surface area contributed by atoms with Crippen LogP contribution in [-0.4, -0.2) is 41.3 Å². The average Bonchev–Trinajstić information content (AvgIpc) is 2.91. The molecule has 8 heteroatoms. The molecule has 1 aliphatic heterocycles. The van der Waals surface area contributed by atoms with Crippen LogP contribution < -0.4 is 0 Å². The van der Waals surface area contributed by atoms with Gasteiger partial charge >= 0.3 is 0 Å². The number of nitrogens with zero attached hydrogens (tertiary/aromatic N) is 3. The molecular weight excluding hydrogens is 385 g/mol. The Labute approximate surface area is 165 Å². The lowest BCUT2D eigenvalue weighted by molar-refractivity contribution is 0.288. The fraction of sp³-hybridized carbons (Fsp3) is 0.526. The lowest BCUT2D eigenvalue weighted by Crippen LogP contribution is -2.38. The number of hydrogen-bond donors (Lipinski definition) is 0. The fourth-order valence-electron chi connectivity index (χ4n) is 3.43. The highest BCUT2D eigenvalue weighted by Gasteiger charge is 2.32. The van der Waals surface area contributed by atoms with Gasteiger partial charge in [0.15, 0.2) is 0 Å². The highest BCUT2D eigenvalue weighted by Crippen LogP contribution is 2.28. The second kappa shape index (κ2) is 8.32. The van der Waals surface area contributed by atoms with Gasteiger partial charge in [0.1, 0.15) is 10.7 Å². The molecule has 0 N–H and O–H groups in total. The minimum absolute atomic E-state index is 0.238. The summed E-state index contributed by atoms with van der Waals surface area (Å²) in [4.78, 5) is 0.919. The Kier molecular flexibility index (Phi) is 6.28. The molecule has 0 aliphatic carbocycles. The Morgan fingerprint density at radius 3 is 2.56 bits per heavy atom. The summed E-state index contributed by atoms with van der Waals surface area (Å²) in [5.41, 5.74) is 1.18. The number of halogens is 1. The minimum atomic E-state index is -3.53. The van der Waals surface area contributed by atoms with Crippen LogP contribution in [0.25, 0.3) is 0 Å². The van der Waals surface area contributed by atoms with Crippen LogP contribution in [-0.2, 0) is 16.6 Å². The van der Waals surface area contributed by atoms with Crippen molar-refractivity contribution in [3.8, 4) is 0 Å². The van der Waals surface area contributed by atoms with Gasteiger partial charge in [0, 0.05) is 23.7 Å². The van der Waals surface area contributed by atoms with Gasteiger partial charge in [0.05, 0.1) is 17.9 Å². The molecule has 3 rings (SSSR count). The van der Waals surface area contributed by atoms with Crippen LogP contribution in [0.4, 0.5) is 4.39 Å². The molecule has 0 atom stereocenters. The molecule has 0 unspecified atom stereocenters. The SMILES string of the molecule is Cc1nn(CCSc2ccccc2F)c(C)c1S(=O)(=O)N1CCC(C)CC1. The monoisotopic (exact) mass is 411 g/mol. The molecule has 1 saturated heterocycles. The molecule has 27 heavy (non-hydrogen) atoms. The third kappa shape index (κ3) is 4.38. The van der Waals surface area contributed by atoms with E-state index in [1.54, 1.807) is 41.0 Å². The van der Waals surface area contributed by atoms with Crippen molar-refractivity contribution >= 4 is 21.8 Å². The summed E-state index contributed by atoms with van der Waals surface area (Å²) in [6, 6.07) is 6.65. The molecule has 1 fully saturated rings. The van der Waals surface area contributed by atoms with Gasteiger partial charge in [0.2, 0.25) is 10.0 Å². The summed E-state index contributed by atoms with van der Waals surface area (Å²) in [6.07, 6.45) is 1.79. The van der Waals surface area contributed by atoms with Crippen LogP contribution in [0.3, 0.4) is 0 Å². The molecule has 0 saturated carbocycles. The van der Waals surface area contributed by atoms with Crippen molar-refractivity contribution in [2.24, 2.45) is 5.92 Å². The van der Waals surface area contributed by atoms with Crippen molar-refractivity contribution < 1.29 is 12.8 Å². The molecule has 0 amide bonds. The Hall–Kier alpha value is -1.38. The van der Waals surface area contributed by atoms with Crippen LogP contribution >= 0.6 is 11.8 Å². The second-order valence-electron chi connectivity index (χ2n) is 7.09. The van der Waals surface area contributed by atoms with Gasteiger partial charge in [-0.15, -0.1) is 11.8 Å². The van der Waals surface area contributed by atoms with Crippen molar-refractivity contribution in [2.45, 2.75) is 49.9 Å². The third-order valence-corrected chi connectivity index (χ3v) is 8.23. The smallest absolute Gasteiger partial charge is 0.246 e. The zero-order chi connectivity index (χ0) is 19.6. The Balaban J connectivity index is 1.73. The van der Waals surface area contributed by atoms with E-state index < -0.39 is 10.0 Å². The molecule has 0 spiro atoms. The quantitative estimate of drug-likeness (QED) is 0.678. The molecule has 148 valence electrons. The molecule has 2 heterocycles. The Bertz CT molecular complexity index is 904. The summed E-state index contributed by atoms with van der Waals surface area (Å²) in [5, 5.41) is 4.44. The normalized spacial score (nSPS) is 16.7. The van der Waals surface area contributed by atoms with Crippen LogP contribution in [0.2, 0.25) is 0 Å². The first-order chi connectivity index (χ1) is 12.8. The zero-order valence-electron chi connectivity index (χ0n) is 16.0. The second-order valence-corrected chi connectivity index (χ2v) is 10.1. The molecule has 0 bridgehead atoms. The molecule has 1 aliphatic rings. The van der Waals surface area contributed by atoms with Gasteiger partial charge in [-0.3, -0.25) is 4.68 Å². The summed E-state index contributed by atoms with van der Waals surface area (Å²) >= 11 is 1.41. The van der Waals surface area contributed by atoms with Crippen molar-refractivity contribution in [2.75, 3.05) is 18.8 Å². The van der Waals surface area contributed by atoms with Gasteiger partial charge in [-0.1, -0.05) is 19.1 Å². The lowest BCUT2D eigenvalue weighted by Gasteiger charge is -2.29. The fourth-order valence-corrected chi connectivity index (χ4v) is 6.14. The zero-order valence-corrected chi connectivity index (χ0v) is 17.6. The van der Waals surface area contributed by atoms with Crippen molar-refractivity contribution in [1.29, 1.82) is 0 Å². The average molecular weight is 412 g/mol.